The van der Waals surface area contributed by atoms with Crippen molar-refractivity contribution >= 4 is 21.6 Å². The first-order valence-corrected chi connectivity index (χ1v) is 12.5. The van der Waals surface area contributed by atoms with Gasteiger partial charge in [-0.2, -0.15) is 4.31 Å². The van der Waals surface area contributed by atoms with E-state index in [0.717, 1.165) is 6.42 Å². The van der Waals surface area contributed by atoms with E-state index in [1.165, 1.54) is 17.5 Å². The van der Waals surface area contributed by atoms with Crippen LogP contribution in [0.3, 0.4) is 0 Å². The molecule has 8 nitrogen and oxygen atoms in total. The number of rotatable bonds is 5. The molecule has 2 bridgehead atoms. The normalized spacial score (nSPS) is 19.8. The zero-order valence-electron chi connectivity index (χ0n) is 18.7. The number of carbonyl (C=O) groups excluding carboxylic acids is 1. The summed E-state index contributed by atoms with van der Waals surface area (Å²) in [4.78, 5) is 25.7. The van der Waals surface area contributed by atoms with Crippen molar-refractivity contribution in [3.63, 3.8) is 0 Å². The molecule has 5 rings (SSSR count). The standard InChI is InChI=1S/C25H25N3O5S/c1-33-20-7-9-21(10-8-20)34(31,32)27-14-17-13-19(16-27)24-22(11-12-23(29)28(24)15-17)26-25(30)18-5-3-2-4-6-18/h2-12,17,19H,13-16H2,1H3,(H,26,30). The molecular weight excluding hydrogens is 454 g/mol. The molecule has 1 amide bonds. The number of hydrogen-bond donors (Lipinski definition) is 1. The predicted octanol–water partition coefficient (Wildman–Crippen LogP) is 2.92. The third kappa shape index (κ3) is 4.01. The summed E-state index contributed by atoms with van der Waals surface area (Å²) < 4.78 is 35.1. The highest BCUT2D eigenvalue weighted by Crippen LogP contribution is 2.40. The van der Waals surface area contributed by atoms with Crippen LogP contribution >= 0.6 is 0 Å². The van der Waals surface area contributed by atoms with Crippen LogP contribution in [0.1, 0.15) is 28.4 Å². The van der Waals surface area contributed by atoms with Crippen molar-refractivity contribution in [1.82, 2.24) is 8.87 Å². The number of pyridine rings is 1. The Labute approximate surface area is 197 Å². The Kier molecular flexibility index (Phi) is 5.75. The molecule has 1 fully saturated rings. The molecule has 176 valence electrons. The second kappa shape index (κ2) is 8.73. The fourth-order valence-electron chi connectivity index (χ4n) is 4.95. The maximum absolute atomic E-state index is 13.4. The number of fused-ring (bicyclic) bond motifs is 4. The van der Waals surface area contributed by atoms with Gasteiger partial charge in [-0.15, -0.1) is 0 Å². The van der Waals surface area contributed by atoms with Crippen LogP contribution in [0, 0.1) is 5.92 Å². The number of hydrogen-bond acceptors (Lipinski definition) is 5. The fourth-order valence-corrected chi connectivity index (χ4v) is 6.52. The molecule has 0 saturated carbocycles. The van der Waals surface area contributed by atoms with Gasteiger partial charge in [-0.05, 0) is 54.8 Å². The fraction of sp³-hybridized carbons (Fsp3) is 0.280. The summed E-state index contributed by atoms with van der Waals surface area (Å²) in [6, 6.07) is 18.3. The van der Waals surface area contributed by atoms with Gasteiger partial charge in [0.1, 0.15) is 5.75 Å². The molecule has 2 aliphatic rings. The smallest absolute Gasteiger partial charge is 0.255 e. The molecule has 2 unspecified atom stereocenters. The Balaban J connectivity index is 1.47. The lowest BCUT2D eigenvalue weighted by molar-refractivity contribution is 0.102. The molecule has 1 N–H and O–H groups in total. The van der Waals surface area contributed by atoms with Crippen molar-refractivity contribution in [2.24, 2.45) is 5.92 Å². The number of sulfonamides is 1. The number of piperidine rings is 1. The second-order valence-corrected chi connectivity index (χ2v) is 10.6. The van der Waals surface area contributed by atoms with Gasteiger partial charge in [0.05, 0.1) is 17.7 Å². The van der Waals surface area contributed by atoms with Crippen LogP contribution in [0.5, 0.6) is 5.75 Å². The van der Waals surface area contributed by atoms with E-state index in [1.807, 2.05) is 6.07 Å². The molecule has 1 saturated heterocycles. The number of nitrogens with one attached hydrogen (secondary N) is 1. The number of methoxy groups -OCH3 is 1. The molecule has 1 aromatic heterocycles. The Morgan fingerprint density at radius 1 is 0.971 bits per heavy atom. The zero-order chi connectivity index (χ0) is 23.9. The van der Waals surface area contributed by atoms with Gasteiger partial charge in [0.25, 0.3) is 11.5 Å². The lowest BCUT2D eigenvalue weighted by atomic mass is 9.83. The summed E-state index contributed by atoms with van der Waals surface area (Å²) in [6.07, 6.45) is 0.756. The first-order chi connectivity index (χ1) is 16.4. The number of aromatic nitrogens is 1. The van der Waals surface area contributed by atoms with Crippen LogP contribution in [0.25, 0.3) is 0 Å². The summed E-state index contributed by atoms with van der Waals surface area (Å²) >= 11 is 0. The lowest BCUT2D eigenvalue weighted by Gasteiger charge is -2.42. The Morgan fingerprint density at radius 2 is 1.71 bits per heavy atom. The number of amides is 1. The topological polar surface area (TPSA) is 97.7 Å². The monoisotopic (exact) mass is 479 g/mol. The maximum atomic E-state index is 13.4. The van der Waals surface area contributed by atoms with E-state index in [9.17, 15) is 18.0 Å². The average Bonchev–Trinajstić information content (AvgIpc) is 2.86. The van der Waals surface area contributed by atoms with E-state index < -0.39 is 10.0 Å². The molecule has 9 heteroatoms. The van der Waals surface area contributed by atoms with Crippen LogP contribution in [0.2, 0.25) is 0 Å². The molecule has 3 aromatic rings. The molecule has 3 heterocycles. The molecule has 34 heavy (non-hydrogen) atoms. The van der Waals surface area contributed by atoms with Crippen molar-refractivity contribution in [3.05, 3.63) is 88.3 Å². The Bertz CT molecular complexity index is 1380. The van der Waals surface area contributed by atoms with Gasteiger partial charge in [-0.3, -0.25) is 9.59 Å². The molecule has 0 aliphatic carbocycles. The van der Waals surface area contributed by atoms with E-state index in [-0.39, 0.29) is 34.7 Å². The van der Waals surface area contributed by atoms with Gasteiger partial charge < -0.3 is 14.6 Å². The SMILES string of the molecule is COc1ccc(S(=O)(=O)N2CC3CC(C2)c2c(NC(=O)c4ccccc4)ccc(=O)n2C3)cc1. The summed E-state index contributed by atoms with van der Waals surface area (Å²) in [5.74, 6) is 0.113. The largest absolute Gasteiger partial charge is 0.497 e. The quantitative estimate of drug-likeness (QED) is 0.607. The van der Waals surface area contributed by atoms with Crippen LogP contribution in [-0.2, 0) is 16.6 Å². The highest BCUT2D eigenvalue weighted by molar-refractivity contribution is 7.89. The summed E-state index contributed by atoms with van der Waals surface area (Å²) in [6.45, 7) is 0.994. The molecule has 0 spiro atoms. The van der Waals surface area contributed by atoms with Crippen LogP contribution in [0.4, 0.5) is 5.69 Å². The number of benzene rings is 2. The van der Waals surface area contributed by atoms with Gasteiger partial charge in [0.2, 0.25) is 10.0 Å². The number of ether oxygens (including phenoxy) is 1. The highest BCUT2D eigenvalue weighted by Gasteiger charge is 2.40. The molecule has 2 aliphatic heterocycles. The van der Waals surface area contributed by atoms with Crippen molar-refractivity contribution < 1.29 is 17.9 Å². The van der Waals surface area contributed by atoms with Crippen LogP contribution in [-0.4, -0.2) is 43.4 Å². The average molecular weight is 480 g/mol. The molecular formula is C25H25N3O5S. The molecule has 2 atom stereocenters. The molecule has 2 aromatic carbocycles. The zero-order valence-corrected chi connectivity index (χ0v) is 19.5. The van der Waals surface area contributed by atoms with Crippen molar-refractivity contribution in [2.45, 2.75) is 23.8 Å². The lowest BCUT2D eigenvalue weighted by Crippen LogP contribution is -2.49. The maximum Gasteiger partial charge on any atom is 0.255 e. The van der Waals surface area contributed by atoms with Crippen molar-refractivity contribution in [1.29, 1.82) is 0 Å². The number of carbonyl (C=O) groups is 1. The summed E-state index contributed by atoms with van der Waals surface area (Å²) in [5.41, 5.74) is 1.59. The van der Waals surface area contributed by atoms with Gasteiger partial charge >= 0.3 is 0 Å². The van der Waals surface area contributed by atoms with Gasteiger partial charge in [-0.1, -0.05) is 18.2 Å². The Hall–Kier alpha value is -3.43. The Morgan fingerprint density at radius 3 is 2.41 bits per heavy atom. The van der Waals surface area contributed by atoms with Gasteiger partial charge in [-0.25, -0.2) is 8.42 Å². The van der Waals surface area contributed by atoms with E-state index in [4.69, 9.17) is 4.74 Å². The molecule has 0 radical (unpaired) electrons. The van der Waals surface area contributed by atoms with E-state index in [1.54, 1.807) is 59.2 Å². The van der Waals surface area contributed by atoms with Crippen molar-refractivity contribution in [2.75, 3.05) is 25.5 Å². The summed E-state index contributed by atoms with van der Waals surface area (Å²) in [5, 5.41) is 2.93. The number of nitrogens with zero attached hydrogens (tertiary/aromatic N) is 2. The van der Waals surface area contributed by atoms with Gasteiger partial charge in [0, 0.05) is 42.9 Å². The van der Waals surface area contributed by atoms with Crippen molar-refractivity contribution in [3.8, 4) is 5.75 Å². The minimum atomic E-state index is -3.72. The minimum Gasteiger partial charge on any atom is -0.497 e. The third-order valence-corrected chi connectivity index (χ3v) is 8.38. The number of anilines is 1. The highest BCUT2D eigenvalue weighted by atomic mass is 32.2. The summed E-state index contributed by atoms with van der Waals surface area (Å²) in [7, 11) is -2.19. The minimum absolute atomic E-state index is 0.0112. The van der Waals surface area contributed by atoms with Crippen LogP contribution < -0.4 is 15.6 Å². The predicted molar refractivity (Wildman–Crippen MR) is 128 cm³/mol. The van der Waals surface area contributed by atoms with E-state index in [0.29, 0.717) is 35.8 Å². The first kappa shape index (κ1) is 22.4. The third-order valence-electron chi connectivity index (χ3n) is 6.54. The van der Waals surface area contributed by atoms with E-state index in [2.05, 4.69) is 5.32 Å². The second-order valence-electron chi connectivity index (χ2n) is 8.70. The van der Waals surface area contributed by atoms with Crippen LogP contribution in [0.15, 0.2) is 76.4 Å². The van der Waals surface area contributed by atoms with E-state index >= 15 is 0 Å². The van der Waals surface area contributed by atoms with Gasteiger partial charge in [0.15, 0.2) is 0 Å². The first-order valence-electron chi connectivity index (χ1n) is 11.1.